The Bertz CT molecular complexity index is 889. The quantitative estimate of drug-likeness (QED) is 0.273. The molecule has 0 bridgehead atoms. The van der Waals surface area contributed by atoms with Gasteiger partial charge in [0.05, 0.1) is 26.4 Å². The van der Waals surface area contributed by atoms with E-state index < -0.39 is 0 Å². The van der Waals surface area contributed by atoms with Gasteiger partial charge in [0.25, 0.3) is 0 Å². The van der Waals surface area contributed by atoms with Crippen LogP contribution in [0.3, 0.4) is 0 Å². The van der Waals surface area contributed by atoms with Crippen LogP contribution in [0.1, 0.15) is 35.6 Å². The number of hydrogen-bond acceptors (Lipinski definition) is 4. The topological polar surface area (TPSA) is 64.1 Å². The van der Waals surface area contributed by atoms with Gasteiger partial charge in [-0.15, -0.1) is 24.0 Å². The molecule has 176 valence electrons. The van der Waals surface area contributed by atoms with Gasteiger partial charge in [0.1, 0.15) is 17.7 Å². The first-order valence-corrected chi connectivity index (χ1v) is 10.7. The molecular weight excluding hydrogens is 524 g/mol. The number of methoxy groups -OCH3 is 1. The Kier molecular flexibility index (Phi) is 11.2. The average molecular weight is 557 g/mol. The molecule has 0 spiro atoms. The van der Waals surface area contributed by atoms with Gasteiger partial charge in [-0.05, 0) is 43.2 Å². The lowest BCUT2D eigenvalue weighted by atomic mass is 10.1. The van der Waals surface area contributed by atoms with Crippen molar-refractivity contribution in [3.63, 3.8) is 0 Å². The molecule has 0 saturated carbocycles. The summed E-state index contributed by atoms with van der Waals surface area (Å²) < 4.78 is 30.5. The van der Waals surface area contributed by atoms with Gasteiger partial charge in [0.15, 0.2) is 5.96 Å². The molecule has 32 heavy (non-hydrogen) atoms. The highest BCUT2D eigenvalue weighted by atomic mass is 127. The van der Waals surface area contributed by atoms with Gasteiger partial charge in [-0.25, -0.2) is 9.38 Å². The maximum atomic E-state index is 13.8. The number of aryl methyl sites for hydroxylation is 1. The molecule has 1 heterocycles. The predicted molar refractivity (Wildman–Crippen MR) is 135 cm³/mol. The lowest BCUT2D eigenvalue weighted by Gasteiger charge is -2.18. The standard InChI is InChI=1S/C24H32FN3O3.HI/c1-4-26-24(27-13-18-6-8-22(25)20(12-18)15-29-3)28-14-19-7-5-17(2)11-23(19)31-21-9-10-30-16-21;/h5-8,11-12,21H,4,9-10,13-16H2,1-3H3,(H2,26,27,28);1H. The van der Waals surface area contributed by atoms with Gasteiger partial charge < -0.3 is 24.8 Å². The van der Waals surface area contributed by atoms with Crippen molar-refractivity contribution in [2.45, 2.75) is 46.1 Å². The molecule has 1 aliphatic heterocycles. The summed E-state index contributed by atoms with van der Waals surface area (Å²) in [6.45, 7) is 7.44. The number of aliphatic imine (C=N–C) groups is 1. The lowest BCUT2D eigenvalue weighted by molar-refractivity contribution is 0.140. The fourth-order valence-corrected chi connectivity index (χ4v) is 3.39. The number of hydrogen-bond donors (Lipinski definition) is 2. The number of ether oxygens (including phenoxy) is 3. The van der Waals surface area contributed by atoms with Gasteiger partial charge >= 0.3 is 0 Å². The smallest absolute Gasteiger partial charge is 0.191 e. The summed E-state index contributed by atoms with van der Waals surface area (Å²) in [5.74, 6) is 1.30. The van der Waals surface area contributed by atoms with Crippen LogP contribution in [-0.4, -0.2) is 38.9 Å². The van der Waals surface area contributed by atoms with E-state index in [1.165, 1.54) is 6.07 Å². The Morgan fingerprint density at radius 3 is 2.75 bits per heavy atom. The molecule has 1 atom stereocenters. The van der Waals surface area contributed by atoms with Gasteiger partial charge in [-0.3, -0.25) is 0 Å². The van der Waals surface area contributed by atoms with E-state index in [1.54, 1.807) is 19.2 Å². The van der Waals surface area contributed by atoms with Crippen LogP contribution < -0.4 is 15.4 Å². The molecule has 2 N–H and O–H groups in total. The molecule has 0 radical (unpaired) electrons. The van der Waals surface area contributed by atoms with Gasteiger partial charge in [-0.2, -0.15) is 0 Å². The second-order valence-corrected chi connectivity index (χ2v) is 7.62. The molecule has 3 rings (SSSR count). The van der Waals surface area contributed by atoms with Crippen LogP contribution in [0.15, 0.2) is 41.4 Å². The molecule has 2 aromatic carbocycles. The van der Waals surface area contributed by atoms with Crippen LogP contribution in [0.4, 0.5) is 4.39 Å². The van der Waals surface area contributed by atoms with E-state index in [1.807, 2.05) is 6.92 Å². The van der Waals surface area contributed by atoms with Crippen LogP contribution in [0, 0.1) is 12.7 Å². The Labute approximate surface area is 207 Å². The Morgan fingerprint density at radius 1 is 1.19 bits per heavy atom. The van der Waals surface area contributed by atoms with Crippen LogP contribution in [-0.2, 0) is 29.2 Å². The molecule has 0 aromatic heterocycles. The van der Waals surface area contributed by atoms with E-state index in [2.05, 4.69) is 40.7 Å². The molecule has 8 heteroatoms. The summed E-state index contributed by atoms with van der Waals surface area (Å²) in [6.07, 6.45) is 1.01. The lowest BCUT2D eigenvalue weighted by Crippen LogP contribution is -2.37. The SMILES string of the molecule is CCNC(=NCc1ccc(F)c(COC)c1)NCc1ccc(C)cc1OC1CCOC1.I. The van der Waals surface area contributed by atoms with Crippen molar-refractivity contribution in [2.24, 2.45) is 4.99 Å². The molecule has 1 saturated heterocycles. The number of halogens is 2. The number of rotatable bonds is 9. The summed E-state index contributed by atoms with van der Waals surface area (Å²) in [7, 11) is 1.56. The number of benzene rings is 2. The van der Waals surface area contributed by atoms with Gasteiger partial charge in [0.2, 0.25) is 0 Å². The third-order valence-electron chi connectivity index (χ3n) is 5.02. The fourth-order valence-electron chi connectivity index (χ4n) is 3.39. The molecule has 1 aliphatic rings. The number of guanidine groups is 1. The van der Waals surface area contributed by atoms with Crippen molar-refractivity contribution in [1.29, 1.82) is 0 Å². The highest BCUT2D eigenvalue weighted by molar-refractivity contribution is 14.0. The first-order valence-electron chi connectivity index (χ1n) is 10.7. The monoisotopic (exact) mass is 557 g/mol. The molecular formula is C24H33FIN3O3. The first-order chi connectivity index (χ1) is 15.1. The van der Waals surface area contributed by atoms with Crippen molar-refractivity contribution < 1.29 is 18.6 Å². The van der Waals surface area contributed by atoms with Crippen LogP contribution in [0.2, 0.25) is 0 Å². The van der Waals surface area contributed by atoms with Crippen molar-refractivity contribution in [2.75, 3.05) is 26.9 Å². The van der Waals surface area contributed by atoms with Crippen molar-refractivity contribution in [3.05, 3.63) is 64.5 Å². The second-order valence-electron chi connectivity index (χ2n) is 7.62. The predicted octanol–water partition coefficient (Wildman–Crippen LogP) is 4.32. The number of nitrogens with zero attached hydrogens (tertiary/aromatic N) is 1. The van der Waals surface area contributed by atoms with Crippen LogP contribution >= 0.6 is 24.0 Å². The third kappa shape index (κ3) is 7.90. The number of nitrogens with one attached hydrogen (secondary N) is 2. The summed E-state index contributed by atoms with van der Waals surface area (Å²) >= 11 is 0. The minimum atomic E-state index is -0.265. The highest BCUT2D eigenvalue weighted by Crippen LogP contribution is 2.23. The van der Waals surface area contributed by atoms with Gasteiger partial charge in [-0.1, -0.05) is 18.2 Å². The fraction of sp³-hybridized carbons (Fsp3) is 0.458. The van der Waals surface area contributed by atoms with E-state index in [0.29, 0.717) is 31.2 Å². The molecule has 1 fully saturated rings. The van der Waals surface area contributed by atoms with Crippen LogP contribution in [0.5, 0.6) is 5.75 Å². The van der Waals surface area contributed by atoms with Crippen molar-refractivity contribution >= 4 is 29.9 Å². The van der Waals surface area contributed by atoms with E-state index in [4.69, 9.17) is 14.2 Å². The third-order valence-corrected chi connectivity index (χ3v) is 5.02. The summed E-state index contributed by atoms with van der Waals surface area (Å²) in [4.78, 5) is 4.65. The van der Waals surface area contributed by atoms with E-state index >= 15 is 0 Å². The Balaban J connectivity index is 0.00000363. The van der Waals surface area contributed by atoms with Gasteiger partial charge in [0, 0.05) is 37.7 Å². The second kappa shape index (κ2) is 13.6. The van der Waals surface area contributed by atoms with Crippen LogP contribution in [0.25, 0.3) is 0 Å². The zero-order chi connectivity index (χ0) is 22.1. The minimum Gasteiger partial charge on any atom is -0.488 e. The average Bonchev–Trinajstić information content (AvgIpc) is 3.26. The van der Waals surface area contributed by atoms with E-state index in [-0.39, 0.29) is 42.5 Å². The normalized spacial score (nSPS) is 15.9. The Hall–Kier alpha value is -1.91. The summed E-state index contributed by atoms with van der Waals surface area (Å²) in [6, 6.07) is 11.2. The molecule has 0 aliphatic carbocycles. The highest BCUT2D eigenvalue weighted by Gasteiger charge is 2.18. The molecule has 6 nitrogen and oxygen atoms in total. The molecule has 1 unspecified atom stereocenters. The van der Waals surface area contributed by atoms with Crippen molar-refractivity contribution in [3.8, 4) is 5.75 Å². The molecule has 0 amide bonds. The largest absolute Gasteiger partial charge is 0.488 e. The minimum absolute atomic E-state index is 0. The zero-order valence-corrected chi connectivity index (χ0v) is 21.3. The van der Waals surface area contributed by atoms with E-state index in [0.717, 1.165) is 42.0 Å². The summed E-state index contributed by atoms with van der Waals surface area (Å²) in [5.41, 5.74) is 3.67. The van der Waals surface area contributed by atoms with Crippen molar-refractivity contribution in [1.82, 2.24) is 10.6 Å². The zero-order valence-electron chi connectivity index (χ0n) is 18.9. The maximum absolute atomic E-state index is 13.8. The first kappa shape index (κ1) is 26.3. The maximum Gasteiger partial charge on any atom is 0.191 e. The Morgan fingerprint density at radius 2 is 2.03 bits per heavy atom. The van der Waals surface area contributed by atoms with E-state index in [9.17, 15) is 4.39 Å². The summed E-state index contributed by atoms with van der Waals surface area (Å²) in [5, 5.41) is 6.63. The molecule has 2 aromatic rings.